The molecule has 2 saturated heterocycles. The monoisotopic (exact) mass is 800 g/mol. The highest BCUT2D eigenvalue weighted by Crippen LogP contribution is 2.45. The molecule has 2 aromatic heterocycles. The number of para-hydroxylation sites is 1. The Balaban J connectivity index is 1.52. The quantitative estimate of drug-likeness (QED) is 0.134. The maximum absolute atomic E-state index is 15.1. The molecule has 0 spiro atoms. The van der Waals surface area contributed by atoms with E-state index in [-0.39, 0.29) is 75.2 Å². The van der Waals surface area contributed by atoms with E-state index >= 15 is 4.79 Å². The minimum Gasteiger partial charge on any atom is -0.493 e. The fourth-order valence-corrected chi connectivity index (χ4v) is 7.71. The summed E-state index contributed by atoms with van der Waals surface area (Å²) in [5.41, 5.74) is -5.95. The number of alkyl halides is 6. The number of ether oxygens (including phenoxy) is 3. The van der Waals surface area contributed by atoms with E-state index in [2.05, 4.69) is 15.8 Å². The molecule has 0 bridgehead atoms. The van der Waals surface area contributed by atoms with Crippen LogP contribution in [0.15, 0.2) is 54.0 Å². The highest BCUT2D eigenvalue weighted by Gasteiger charge is 2.57. The number of carbonyl (C=O) groups excluding carboxylic acids is 3. The molecule has 2 fully saturated rings. The predicted molar refractivity (Wildman–Crippen MR) is 187 cm³/mol. The van der Waals surface area contributed by atoms with E-state index in [9.17, 15) is 41.2 Å². The van der Waals surface area contributed by atoms with Crippen molar-refractivity contribution in [3.05, 3.63) is 75.7 Å². The standard InChI is InChI=1S/C38H40F6N4O6S/c1-3-9-29-36(54-25-22-30(55-23-25)38(42,43)44,14-8-18-48(29)33(50)32-27(37(39,40)41)11-6-17-46-32)34(51)47-19-15-35(24-45,16-20-47)26-10-4-5-12-28(26)53-21-7-13-31(49)52-2/h4-6,10-12,17,22-23,29H,3,7-9,13-16,18-21H2,1-2H3/t29-,36+/m1/s1/i7D2,13D2,21D2. The summed E-state index contributed by atoms with van der Waals surface area (Å²) in [6.45, 7) is -2.49. The third-order valence-electron chi connectivity index (χ3n) is 9.60. The summed E-state index contributed by atoms with van der Waals surface area (Å²) < 4.78 is 149. The van der Waals surface area contributed by atoms with Crippen LogP contribution in [0.4, 0.5) is 26.3 Å². The first-order chi connectivity index (χ1) is 28.3. The molecular formula is C38H40F6N4O6S. The molecule has 2 aliphatic heterocycles. The van der Waals surface area contributed by atoms with Crippen molar-refractivity contribution >= 4 is 29.1 Å². The van der Waals surface area contributed by atoms with Gasteiger partial charge >= 0.3 is 18.3 Å². The van der Waals surface area contributed by atoms with Gasteiger partial charge in [0.1, 0.15) is 22.1 Å². The van der Waals surface area contributed by atoms with E-state index in [1.807, 2.05) is 0 Å². The Hall–Kier alpha value is -4.85. The van der Waals surface area contributed by atoms with Gasteiger partial charge in [-0.25, -0.2) is 0 Å². The van der Waals surface area contributed by atoms with E-state index in [1.165, 1.54) is 29.2 Å². The molecule has 0 aliphatic carbocycles. The largest absolute Gasteiger partial charge is 0.493 e. The zero-order chi connectivity index (χ0) is 45.4. The summed E-state index contributed by atoms with van der Waals surface area (Å²) in [6.07, 6.45) is -16.3. The van der Waals surface area contributed by atoms with E-state index in [4.69, 9.17) is 17.7 Å². The van der Waals surface area contributed by atoms with Gasteiger partial charge in [0.15, 0.2) is 0 Å². The van der Waals surface area contributed by atoms with Gasteiger partial charge in [0.2, 0.25) is 5.60 Å². The molecule has 0 radical (unpaired) electrons. The molecule has 296 valence electrons. The number of methoxy groups -OCH3 is 1. The number of rotatable bonds is 12. The summed E-state index contributed by atoms with van der Waals surface area (Å²) in [7, 11) is 0.790. The van der Waals surface area contributed by atoms with Gasteiger partial charge < -0.3 is 24.0 Å². The molecular weight excluding hydrogens is 754 g/mol. The summed E-state index contributed by atoms with van der Waals surface area (Å²) in [5, 5.41) is 11.7. The average Bonchev–Trinajstić information content (AvgIpc) is 3.69. The zero-order valence-electron chi connectivity index (χ0n) is 35.6. The van der Waals surface area contributed by atoms with Crippen LogP contribution in [0.3, 0.4) is 0 Å². The lowest BCUT2D eigenvalue weighted by molar-refractivity contribution is -0.160. The number of benzene rings is 1. The topological polar surface area (TPSA) is 122 Å². The number of hydrogen-bond acceptors (Lipinski definition) is 9. The molecule has 5 rings (SSSR count). The Bertz CT molecular complexity index is 2160. The first-order valence-electron chi connectivity index (χ1n) is 20.1. The number of aromatic nitrogens is 1. The molecule has 1 aromatic carbocycles. The van der Waals surface area contributed by atoms with Crippen LogP contribution in [0.5, 0.6) is 11.5 Å². The number of hydrogen-bond donors (Lipinski definition) is 0. The van der Waals surface area contributed by atoms with E-state index in [1.54, 1.807) is 6.92 Å². The SMILES string of the molecule is [2H]C([2H])(Oc1ccccc1C1(C#N)CCN(C(=O)[C@]2(Oc3csc(C(F)(F)F)c3)CCCN(C(=O)c3ncccc3C(F)(F)F)[C@@H]2CCC)CC1)C([2H])([2H])C([2H])([2H])C(=O)OC. The van der Waals surface area contributed by atoms with Crippen molar-refractivity contribution in [1.82, 2.24) is 14.8 Å². The van der Waals surface area contributed by atoms with Gasteiger partial charge in [-0.15, -0.1) is 11.3 Å². The van der Waals surface area contributed by atoms with Crippen LogP contribution >= 0.6 is 11.3 Å². The van der Waals surface area contributed by atoms with E-state index in [0.717, 1.165) is 29.7 Å². The fraction of sp³-hybridized carbons (Fsp3) is 0.500. The zero-order valence-corrected chi connectivity index (χ0v) is 30.4. The van der Waals surface area contributed by atoms with Crippen molar-refractivity contribution in [2.45, 2.75) is 87.6 Å². The summed E-state index contributed by atoms with van der Waals surface area (Å²) >= 11 is 0.293. The summed E-state index contributed by atoms with van der Waals surface area (Å²) in [5.74, 6) is -4.44. The fourth-order valence-electron chi connectivity index (χ4n) is 7.04. The van der Waals surface area contributed by atoms with Crippen LogP contribution in [0, 0.1) is 11.3 Å². The molecule has 4 heterocycles. The number of carbonyl (C=O) groups is 3. The number of nitriles is 1. The van der Waals surface area contributed by atoms with Crippen LogP contribution < -0.4 is 9.47 Å². The first-order valence-corrected chi connectivity index (χ1v) is 18.0. The number of piperidine rings is 2. The van der Waals surface area contributed by atoms with Gasteiger partial charge in [-0.1, -0.05) is 31.5 Å². The number of nitrogens with zero attached hydrogens (tertiary/aromatic N) is 4. The van der Waals surface area contributed by atoms with Crippen LogP contribution in [0.2, 0.25) is 0 Å². The number of amides is 2. The number of thiophene rings is 1. The highest BCUT2D eigenvalue weighted by atomic mass is 32.1. The van der Waals surface area contributed by atoms with E-state index < -0.39 is 82.6 Å². The van der Waals surface area contributed by atoms with Gasteiger partial charge in [0.05, 0.1) is 39.5 Å². The van der Waals surface area contributed by atoms with Crippen LogP contribution in [-0.2, 0) is 32.1 Å². The lowest BCUT2D eigenvalue weighted by Gasteiger charge is -2.51. The maximum Gasteiger partial charge on any atom is 0.425 e. The van der Waals surface area contributed by atoms with Crippen molar-refractivity contribution < 1.29 is 63.2 Å². The van der Waals surface area contributed by atoms with Crippen molar-refractivity contribution in [3.63, 3.8) is 0 Å². The number of likely N-dealkylation sites (tertiary alicyclic amines) is 2. The summed E-state index contributed by atoms with van der Waals surface area (Å²) in [4.78, 5) is 46.3. The normalized spacial score (nSPS) is 22.4. The molecule has 0 N–H and O–H groups in total. The van der Waals surface area contributed by atoms with Gasteiger partial charge in [-0.3, -0.25) is 19.4 Å². The lowest BCUT2D eigenvalue weighted by Crippen LogP contribution is -2.68. The second-order valence-corrected chi connectivity index (χ2v) is 13.8. The number of esters is 1. The Morgan fingerprint density at radius 3 is 2.42 bits per heavy atom. The minimum atomic E-state index is -4.99. The average molecular weight is 801 g/mol. The van der Waals surface area contributed by atoms with E-state index in [0.29, 0.717) is 23.5 Å². The summed E-state index contributed by atoms with van der Waals surface area (Å²) in [6, 6.07) is 8.70. The minimum absolute atomic E-state index is 0.0216. The van der Waals surface area contributed by atoms with Gasteiger partial charge in [0.25, 0.3) is 11.8 Å². The van der Waals surface area contributed by atoms with Crippen LogP contribution in [-0.4, -0.2) is 77.5 Å². The number of pyridine rings is 1. The molecule has 0 saturated carbocycles. The van der Waals surface area contributed by atoms with Crippen molar-refractivity contribution in [2.24, 2.45) is 0 Å². The van der Waals surface area contributed by atoms with Crippen molar-refractivity contribution in [3.8, 4) is 17.6 Å². The molecule has 17 heteroatoms. The highest BCUT2D eigenvalue weighted by molar-refractivity contribution is 7.10. The molecule has 2 atom stereocenters. The van der Waals surface area contributed by atoms with Crippen LogP contribution in [0.1, 0.15) is 92.9 Å². The molecule has 0 unspecified atom stereocenters. The molecule has 2 amide bonds. The lowest BCUT2D eigenvalue weighted by atomic mass is 9.72. The third kappa shape index (κ3) is 8.84. The first kappa shape index (κ1) is 33.5. The maximum atomic E-state index is 15.1. The van der Waals surface area contributed by atoms with Crippen LogP contribution in [0.25, 0.3) is 0 Å². The predicted octanol–water partition coefficient (Wildman–Crippen LogP) is 7.82. The third-order valence-corrected chi connectivity index (χ3v) is 10.6. The van der Waals surface area contributed by atoms with Gasteiger partial charge in [-0.05, 0) is 50.3 Å². The smallest absolute Gasteiger partial charge is 0.425 e. The van der Waals surface area contributed by atoms with Crippen molar-refractivity contribution in [2.75, 3.05) is 33.3 Å². The Kier molecular flexibility index (Phi) is 10.3. The Labute approximate surface area is 326 Å². The molecule has 3 aromatic rings. The Morgan fingerprint density at radius 1 is 1.05 bits per heavy atom. The van der Waals surface area contributed by atoms with Gasteiger partial charge in [-0.2, -0.15) is 31.6 Å². The molecule has 2 aliphatic rings. The molecule has 10 nitrogen and oxygen atoms in total. The molecule has 55 heavy (non-hydrogen) atoms. The second kappa shape index (κ2) is 16.9. The van der Waals surface area contributed by atoms with Crippen molar-refractivity contribution in [1.29, 1.82) is 5.26 Å². The number of halogens is 6. The second-order valence-electron chi connectivity index (χ2n) is 12.9. The Morgan fingerprint density at radius 2 is 1.78 bits per heavy atom. The van der Waals surface area contributed by atoms with Gasteiger partial charge in [0, 0.05) is 61.1 Å².